The van der Waals surface area contributed by atoms with Gasteiger partial charge in [0.1, 0.15) is 0 Å². The molecular weight excluding hydrogens is 143 g/mol. The molecule has 2 N–H and O–H groups in total. The van der Waals surface area contributed by atoms with Crippen LogP contribution in [0, 0.1) is 5.92 Å². The van der Waals surface area contributed by atoms with E-state index < -0.39 is 7.32 Å². The summed E-state index contributed by atoms with van der Waals surface area (Å²) in [5.74, 6) is 0.421. The van der Waals surface area contributed by atoms with Gasteiger partial charge < -0.3 is 14.7 Å². The Hall–Kier alpha value is -0.0551. The molecule has 1 saturated carbocycles. The summed E-state index contributed by atoms with van der Waals surface area (Å²) in [4.78, 5) is 0. The van der Waals surface area contributed by atoms with E-state index in [1.807, 2.05) is 6.92 Å². The second-order valence-corrected chi connectivity index (χ2v) is 3.55. The van der Waals surface area contributed by atoms with E-state index in [9.17, 15) is 0 Å². The molecule has 0 bridgehead atoms. The predicted octanol–water partition coefficient (Wildman–Crippen LogP) is 0.551. The summed E-state index contributed by atoms with van der Waals surface area (Å²) in [5.41, 5.74) is -0.325. The molecule has 3 nitrogen and oxygen atoms in total. The van der Waals surface area contributed by atoms with Crippen LogP contribution in [0.3, 0.4) is 0 Å². The van der Waals surface area contributed by atoms with Crippen LogP contribution in [-0.2, 0) is 4.65 Å². The fraction of sp³-hybridized carbons (Fsp3) is 1.00. The largest absolute Gasteiger partial charge is 0.634 e. The van der Waals surface area contributed by atoms with Gasteiger partial charge in [-0.05, 0) is 25.7 Å². The molecule has 64 valence electrons. The summed E-state index contributed by atoms with van der Waals surface area (Å²) in [6, 6.07) is 0. The maximum atomic E-state index is 8.63. The topological polar surface area (TPSA) is 49.7 Å². The normalized spacial score (nSPS) is 37.6. The third-order valence-corrected chi connectivity index (χ3v) is 2.73. The molecule has 1 fully saturated rings. The van der Waals surface area contributed by atoms with E-state index in [-0.39, 0.29) is 5.60 Å². The molecule has 1 aliphatic rings. The van der Waals surface area contributed by atoms with Gasteiger partial charge in [0.25, 0.3) is 0 Å². The lowest BCUT2D eigenvalue weighted by Crippen LogP contribution is -2.38. The Kier molecular flexibility index (Phi) is 2.57. The van der Waals surface area contributed by atoms with Gasteiger partial charge in [-0.25, -0.2) is 0 Å². The predicted molar refractivity (Wildman–Crippen MR) is 42.7 cm³/mol. The van der Waals surface area contributed by atoms with Crippen molar-refractivity contribution in [3.63, 3.8) is 0 Å². The van der Waals surface area contributed by atoms with E-state index in [0.717, 1.165) is 19.3 Å². The van der Waals surface area contributed by atoms with Crippen LogP contribution in [0.25, 0.3) is 0 Å². The lowest BCUT2D eigenvalue weighted by Gasteiger charge is -2.29. The lowest BCUT2D eigenvalue weighted by molar-refractivity contribution is 0.00908. The minimum Gasteiger partial charge on any atom is -0.402 e. The minimum absolute atomic E-state index is 0.325. The van der Waals surface area contributed by atoms with E-state index in [4.69, 9.17) is 14.7 Å². The minimum atomic E-state index is -1.62. The van der Waals surface area contributed by atoms with Crippen LogP contribution in [0.2, 0.25) is 0 Å². The van der Waals surface area contributed by atoms with Gasteiger partial charge in [0.2, 0.25) is 0 Å². The maximum Gasteiger partial charge on any atom is 0.634 e. The summed E-state index contributed by atoms with van der Waals surface area (Å²) < 4.78 is 5.02. The van der Waals surface area contributed by atoms with Gasteiger partial charge in [0, 0.05) is 0 Å². The Morgan fingerprint density at radius 3 is 2.55 bits per heavy atom. The Balaban J connectivity index is 2.51. The molecule has 0 spiro atoms. The van der Waals surface area contributed by atoms with Gasteiger partial charge in [-0.3, -0.25) is 0 Å². The Morgan fingerprint density at radius 2 is 2.18 bits per heavy atom. The highest BCUT2D eigenvalue weighted by Crippen LogP contribution is 2.37. The maximum absolute atomic E-state index is 8.63. The third-order valence-electron chi connectivity index (χ3n) is 2.73. The van der Waals surface area contributed by atoms with Crippen molar-refractivity contribution in [3.05, 3.63) is 0 Å². The number of hydrogen-bond donors (Lipinski definition) is 2. The standard InChI is InChI=1S/C7H15BO3/c1-6-4-3-5-7(6,2)11-8(9)10/h6,9-10H,3-5H2,1-2H3. The SMILES string of the molecule is CC1CCCC1(C)OB(O)O. The second-order valence-electron chi connectivity index (χ2n) is 3.55. The molecule has 11 heavy (non-hydrogen) atoms. The van der Waals surface area contributed by atoms with Crippen molar-refractivity contribution in [2.45, 2.75) is 38.7 Å². The zero-order chi connectivity index (χ0) is 8.48. The van der Waals surface area contributed by atoms with Gasteiger partial charge in [0.05, 0.1) is 5.60 Å². The fourth-order valence-corrected chi connectivity index (χ4v) is 1.73. The quantitative estimate of drug-likeness (QED) is 0.577. The lowest BCUT2D eigenvalue weighted by atomic mass is 9.93. The van der Waals surface area contributed by atoms with Crippen molar-refractivity contribution in [2.24, 2.45) is 5.92 Å². The molecule has 0 heterocycles. The summed E-state index contributed by atoms with van der Waals surface area (Å²) >= 11 is 0. The van der Waals surface area contributed by atoms with Crippen molar-refractivity contribution >= 4 is 7.32 Å². The molecule has 0 aliphatic heterocycles. The molecule has 1 aliphatic carbocycles. The van der Waals surface area contributed by atoms with Crippen LogP contribution < -0.4 is 0 Å². The monoisotopic (exact) mass is 158 g/mol. The first kappa shape index (κ1) is 9.04. The second kappa shape index (κ2) is 3.13. The highest BCUT2D eigenvalue weighted by atomic mass is 16.6. The van der Waals surface area contributed by atoms with Gasteiger partial charge in [-0.15, -0.1) is 0 Å². The van der Waals surface area contributed by atoms with Crippen LogP contribution in [0.15, 0.2) is 0 Å². The average molecular weight is 158 g/mol. The molecule has 2 unspecified atom stereocenters. The molecule has 0 radical (unpaired) electrons. The molecule has 1 rings (SSSR count). The van der Waals surface area contributed by atoms with E-state index in [1.165, 1.54) is 0 Å². The molecule has 0 amide bonds. The first-order valence-corrected chi connectivity index (χ1v) is 4.08. The smallest absolute Gasteiger partial charge is 0.402 e. The van der Waals surface area contributed by atoms with Crippen LogP contribution in [0.1, 0.15) is 33.1 Å². The first-order chi connectivity index (χ1) is 5.04. The van der Waals surface area contributed by atoms with Gasteiger partial charge >= 0.3 is 7.32 Å². The van der Waals surface area contributed by atoms with Crippen molar-refractivity contribution < 1.29 is 14.7 Å². The zero-order valence-corrected chi connectivity index (χ0v) is 7.08. The summed E-state index contributed by atoms with van der Waals surface area (Å²) in [6.07, 6.45) is 3.15. The summed E-state index contributed by atoms with van der Waals surface area (Å²) in [7, 11) is -1.62. The molecule has 0 aromatic carbocycles. The van der Waals surface area contributed by atoms with E-state index in [0.29, 0.717) is 5.92 Å². The molecule has 0 saturated heterocycles. The Labute approximate surface area is 67.6 Å². The Morgan fingerprint density at radius 1 is 1.55 bits per heavy atom. The molecule has 0 aromatic heterocycles. The van der Waals surface area contributed by atoms with Gasteiger partial charge in [-0.2, -0.15) is 0 Å². The number of hydrogen-bond acceptors (Lipinski definition) is 3. The van der Waals surface area contributed by atoms with Crippen molar-refractivity contribution in [2.75, 3.05) is 0 Å². The molecular formula is C7H15BO3. The Bertz CT molecular complexity index is 140. The fourth-order valence-electron chi connectivity index (χ4n) is 1.73. The van der Waals surface area contributed by atoms with Crippen LogP contribution in [0.5, 0.6) is 0 Å². The van der Waals surface area contributed by atoms with Crippen LogP contribution in [0.4, 0.5) is 0 Å². The van der Waals surface area contributed by atoms with E-state index >= 15 is 0 Å². The van der Waals surface area contributed by atoms with Crippen LogP contribution in [-0.4, -0.2) is 23.0 Å². The van der Waals surface area contributed by atoms with Gasteiger partial charge in [0.15, 0.2) is 0 Å². The molecule has 2 atom stereocenters. The highest BCUT2D eigenvalue weighted by molar-refractivity contribution is 6.32. The van der Waals surface area contributed by atoms with Crippen molar-refractivity contribution in [1.29, 1.82) is 0 Å². The summed E-state index contributed by atoms with van der Waals surface area (Å²) in [5, 5.41) is 17.3. The van der Waals surface area contributed by atoms with Gasteiger partial charge in [-0.1, -0.05) is 13.3 Å². The third kappa shape index (κ3) is 1.95. The first-order valence-electron chi connectivity index (χ1n) is 4.08. The summed E-state index contributed by atoms with van der Waals surface area (Å²) in [6.45, 7) is 4.01. The number of rotatable bonds is 2. The average Bonchev–Trinajstić information content (AvgIpc) is 2.11. The van der Waals surface area contributed by atoms with Crippen molar-refractivity contribution in [3.8, 4) is 0 Å². The van der Waals surface area contributed by atoms with E-state index in [2.05, 4.69) is 6.92 Å². The van der Waals surface area contributed by atoms with Crippen LogP contribution >= 0.6 is 0 Å². The van der Waals surface area contributed by atoms with E-state index in [1.54, 1.807) is 0 Å². The van der Waals surface area contributed by atoms with Crippen molar-refractivity contribution in [1.82, 2.24) is 0 Å². The highest BCUT2D eigenvalue weighted by Gasteiger charge is 2.39. The molecule has 4 heteroatoms. The molecule has 0 aromatic rings. The zero-order valence-electron chi connectivity index (χ0n) is 7.08.